The highest BCUT2D eigenvalue weighted by molar-refractivity contribution is 7.14. The quantitative estimate of drug-likeness (QED) is 0.703. The van der Waals surface area contributed by atoms with E-state index in [1.54, 1.807) is 25.6 Å². The molecular formula is C19H20N2O2S. The van der Waals surface area contributed by atoms with Crippen LogP contribution in [-0.4, -0.2) is 19.2 Å². The molecular weight excluding hydrogens is 320 g/mol. The van der Waals surface area contributed by atoms with Crippen molar-refractivity contribution in [2.75, 3.05) is 19.5 Å². The maximum Gasteiger partial charge on any atom is 0.183 e. The molecule has 1 aromatic heterocycles. The van der Waals surface area contributed by atoms with E-state index in [1.807, 2.05) is 18.2 Å². The predicted octanol–water partition coefficient (Wildman–Crippen LogP) is 4.75. The van der Waals surface area contributed by atoms with Gasteiger partial charge in [-0.05, 0) is 24.6 Å². The van der Waals surface area contributed by atoms with E-state index < -0.39 is 0 Å². The standard InChI is InChI=1S/C19H20N2O2S/c1-13-4-7-15(8-5-13)16-12-24-19(21-16)20-11-14-6-9-17(22-2)18(10-14)23-3/h4-10,12H,11H2,1-3H3,(H,20,21). The summed E-state index contributed by atoms with van der Waals surface area (Å²) in [5.74, 6) is 1.47. The van der Waals surface area contributed by atoms with Gasteiger partial charge in [0.25, 0.3) is 0 Å². The van der Waals surface area contributed by atoms with Crippen molar-refractivity contribution in [2.24, 2.45) is 0 Å². The summed E-state index contributed by atoms with van der Waals surface area (Å²) >= 11 is 1.61. The first-order chi connectivity index (χ1) is 11.7. The molecule has 0 saturated heterocycles. The van der Waals surface area contributed by atoms with Crippen molar-refractivity contribution < 1.29 is 9.47 Å². The maximum absolute atomic E-state index is 5.33. The number of benzene rings is 2. The largest absolute Gasteiger partial charge is 0.493 e. The molecule has 0 unspecified atom stereocenters. The van der Waals surface area contributed by atoms with Crippen molar-refractivity contribution >= 4 is 16.5 Å². The highest BCUT2D eigenvalue weighted by Gasteiger charge is 2.07. The molecule has 2 aromatic carbocycles. The van der Waals surface area contributed by atoms with Crippen molar-refractivity contribution in [3.05, 3.63) is 59.0 Å². The van der Waals surface area contributed by atoms with Crippen LogP contribution in [0.5, 0.6) is 11.5 Å². The minimum atomic E-state index is 0.682. The molecule has 0 aliphatic heterocycles. The van der Waals surface area contributed by atoms with E-state index in [4.69, 9.17) is 9.47 Å². The molecule has 0 atom stereocenters. The Hall–Kier alpha value is -2.53. The van der Waals surface area contributed by atoms with Crippen LogP contribution < -0.4 is 14.8 Å². The molecule has 1 heterocycles. The Kier molecular flexibility index (Phi) is 5.01. The molecule has 124 valence electrons. The summed E-state index contributed by atoms with van der Waals surface area (Å²) in [6.45, 7) is 2.77. The molecule has 0 radical (unpaired) electrons. The van der Waals surface area contributed by atoms with E-state index in [1.165, 1.54) is 5.56 Å². The van der Waals surface area contributed by atoms with Crippen molar-refractivity contribution in [1.29, 1.82) is 0 Å². The van der Waals surface area contributed by atoms with E-state index in [0.717, 1.165) is 33.5 Å². The fraction of sp³-hybridized carbons (Fsp3) is 0.211. The lowest BCUT2D eigenvalue weighted by Gasteiger charge is -2.09. The summed E-state index contributed by atoms with van der Waals surface area (Å²) in [7, 11) is 3.28. The third kappa shape index (κ3) is 3.68. The Morgan fingerprint density at radius 3 is 2.46 bits per heavy atom. The SMILES string of the molecule is COc1ccc(CNc2nc(-c3ccc(C)cc3)cs2)cc1OC. The molecule has 0 saturated carbocycles. The normalized spacial score (nSPS) is 10.5. The summed E-state index contributed by atoms with van der Waals surface area (Å²) in [6, 6.07) is 14.3. The van der Waals surface area contributed by atoms with Gasteiger partial charge in [0.05, 0.1) is 19.9 Å². The van der Waals surface area contributed by atoms with E-state index >= 15 is 0 Å². The summed E-state index contributed by atoms with van der Waals surface area (Å²) in [5, 5.41) is 6.34. The van der Waals surface area contributed by atoms with Crippen molar-refractivity contribution in [2.45, 2.75) is 13.5 Å². The van der Waals surface area contributed by atoms with Gasteiger partial charge in [-0.15, -0.1) is 11.3 Å². The summed E-state index contributed by atoms with van der Waals surface area (Å²) < 4.78 is 10.6. The minimum absolute atomic E-state index is 0.682. The second kappa shape index (κ2) is 7.36. The third-order valence-electron chi connectivity index (χ3n) is 3.74. The number of anilines is 1. The second-order valence-electron chi connectivity index (χ2n) is 5.45. The van der Waals surface area contributed by atoms with Gasteiger partial charge in [-0.2, -0.15) is 0 Å². The van der Waals surface area contributed by atoms with Gasteiger partial charge < -0.3 is 14.8 Å². The van der Waals surface area contributed by atoms with E-state index in [9.17, 15) is 0 Å². The molecule has 0 aliphatic rings. The molecule has 3 rings (SSSR count). The number of hydrogen-bond acceptors (Lipinski definition) is 5. The number of hydrogen-bond donors (Lipinski definition) is 1. The van der Waals surface area contributed by atoms with Crippen LogP contribution in [0.25, 0.3) is 11.3 Å². The lowest BCUT2D eigenvalue weighted by molar-refractivity contribution is 0.354. The fourth-order valence-electron chi connectivity index (χ4n) is 2.38. The number of aromatic nitrogens is 1. The van der Waals surface area contributed by atoms with Crippen molar-refractivity contribution in [3.63, 3.8) is 0 Å². The minimum Gasteiger partial charge on any atom is -0.493 e. The second-order valence-corrected chi connectivity index (χ2v) is 6.30. The number of rotatable bonds is 6. The summed E-state index contributed by atoms with van der Waals surface area (Å²) in [6.07, 6.45) is 0. The lowest BCUT2D eigenvalue weighted by atomic mass is 10.1. The molecule has 0 spiro atoms. The van der Waals surface area contributed by atoms with Crippen LogP contribution in [0.3, 0.4) is 0 Å². The number of nitrogens with one attached hydrogen (secondary N) is 1. The average molecular weight is 340 g/mol. The van der Waals surface area contributed by atoms with Crippen LogP contribution in [0.2, 0.25) is 0 Å². The van der Waals surface area contributed by atoms with Crippen LogP contribution in [0.1, 0.15) is 11.1 Å². The van der Waals surface area contributed by atoms with Crippen LogP contribution in [0.4, 0.5) is 5.13 Å². The topological polar surface area (TPSA) is 43.4 Å². The third-order valence-corrected chi connectivity index (χ3v) is 4.54. The van der Waals surface area contributed by atoms with Gasteiger partial charge in [-0.1, -0.05) is 35.9 Å². The predicted molar refractivity (Wildman–Crippen MR) is 99.2 cm³/mol. The highest BCUT2D eigenvalue weighted by atomic mass is 32.1. The summed E-state index contributed by atoms with van der Waals surface area (Å²) in [4.78, 5) is 4.65. The zero-order valence-corrected chi connectivity index (χ0v) is 14.8. The maximum atomic E-state index is 5.33. The Balaban J connectivity index is 1.68. The van der Waals surface area contributed by atoms with E-state index in [2.05, 4.69) is 46.9 Å². The van der Waals surface area contributed by atoms with Crippen LogP contribution in [0.15, 0.2) is 47.8 Å². The lowest BCUT2D eigenvalue weighted by Crippen LogP contribution is -2.00. The molecule has 24 heavy (non-hydrogen) atoms. The first-order valence-electron chi connectivity index (χ1n) is 7.67. The van der Waals surface area contributed by atoms with Crippen LogP contribution in [0, 0.1) is 6.92 Å². The number of methoxy groups -OCH3 is 2. The van der Waals surface area contributed by atoms with Crippen LogP contribution >= 0.6 is 11.3 Å². The van der Waals surface area contributed by atoms with Gasteiger partial charge in [0.15, 0.2) is 16.6 Å². The van der Waals surface area contributed by atoms with Gasteiger partial charge in [-0.25, -0.2) is 4.98 Å². The summed E-state index contributed by atoms with van der Waals surface area (Å²) in [5.41, 5.74) is 4.49. The van der Waals surface area contributed by atoms with Crippen molar-refractivity contribution in [1.82, 2.24) is 4.98 Å². The van der Waals surface area contributed by atoms with Crippen molar-refractivity contribution in [3.8, 4) is 22.8 Å². The Morgan fingerprint density at radius 1 is 1.00 bits per heavy atom. The molecule has 3 aromatic rings. The molecule has 1 N–H and O–H groups in total. The molecule has 5 heteroatoms. The van der Waals surface area contributed by atoms with Crippen LogP contribution in [-0.2, 0) is 6.54 Å². The molecule has 0 bridgehead atoms. The van der Waals surface area contributed by atoms with Gasteiger partial charge in [0, 0.05) is 17.5 Å². The smallest absolute Gasteiger partial charge is 0.183 e. The fourth-order valence-corrected chi connectivity index (χ4v) is 3.10. The number of thiazole rings is 1. The molecule has 4 nitrogen and oxygen atoms in total. The number of nitrogens with zero attached hydrogens (tertiary/aromatic N) is 1. The number of ether oxygens (including phenoxy) is 2. The molecule has 0 aliphatic carbocycles. The Labute approximate surface area is 146 Å². The van der Waals surface area contributed by atoms with E-state index in [-0.39, 0.29) is 0 Å². The average Bonchev–Trinajstić information content (AvgIpc) is 3.09. The Morgan fingerprint density at radius 2 is 1.75 bits per heavy atom. The number of aryl methyl sites for hydroxylation is 1. The zero-order chi connectivity index (χ0) is 16.9. The first-order valence-corrected chi connectivity index (χ1v) is 8.55. The van der Waals surface area contributed by atoms with E-state index in [0.29, 0.717) is 6.54 Å². The Bertz CT molecular complexity index is 812. The molecule has 0 amide bonds. The first kappa shape index (κ1) is 16.3. The molecule has 0 fully saturated rings. The zero-order valence-electron chi connectivity index (χ0n) is 14.0. The highest BCUT2D eigenvalue weighted by Crippen LogP contribution is 2.29. The van der Waals surface area contributed by atoms with Gasteiger partial charge in [0.2, 0.25) is 0 Å². The monoisotopic (exact) mass is 340 g/mol. The van der Waals surface area contributed by atoms with Gasteiger partial charge >= 0.3 is 0 Å². The van der Waals surface area contributed by atoms with Gasteiger partial charge in [-0.3, -0.25) is 0 Å². The van der Waals surface area contributed by atoms with Gasteiger partial charge in [0.1, 0.15) is 0 Å².